The number of benzene rings is 2. The molecule has 0 aromatic heterocycles. The highest BCUT2D eigenvalue weighted by molar-refractivity contribution is 5.86. The lowest BCUT2D eigenvalue weighted by atomic mass is 10.0. The fraction of sp³-hybridized carbons (Fsp3) is 0.542. The summed E-state index contributed by atoms with van der Waals surface area (Å²) >= 11 is 0. The van der Waals surface area contributed by atoms with Crippen LogP contribution in [0.1, 0.15) is 39.2 Å². The molecule has 1 fully saturated rings. The predicted molar refractivity (Wildman–Crippen MR) is 120 cm³/mol. The molecular formula is C24H35N3O3. The van der Waals surface area contributed by atoms with E-state index in [1.807, 2.05) is 39.0 Å². The number of aliphatic hydroxyl groups excluding tert-OH is 1. The molecule has 2 aromatic rings. The van der Waals surface area contributed by atoms with Crippen molar-refractivity contribution in [2.45, 2.75) is 57.9 Å². The van der Waals surface area contributed by atoms with Gasteiger partial charge in [-0.25, -0.2) is 4.79 Å². The molecule has 164 valence electrons. The smallest absolute Gasteiger partial charge is 0.315 e. The van der Waals surface area contributed by atoms with Crippen LogP contribution in [-0.4, -0.2) is 60.0 Å². The number of carbonyl (C=O) groups excluding carboxylic acids is 1. The van der Waals surface area contributed by atoms with Gasteiger partial charge in [0, 0.05) is 32.2 Å². The predicted octanol–water partition coefficient (Wildman–Crippen LogP) is 3.28. The first-order chi connectivity index (χ1) is 14.3. The van der Waals surface area contributed by atoms with E-state index in [2.05, 4.69) is 39.8 Å². The fourth-order valence-electron chi connectivity index (χ4n) is 3.82. The highest BCUT2D eigenvalue weighted by Gasteiger charge is 2.23. The van der Waals surface area contributed by atoms with Crippen LogP contribution in [0.3, 0.4) is 0 Å². The quantitative estimate of drug-likeness (QED) is 0.651. The molecule has 0 saturated carbocycles. The largest absolute Gasteiger partial charge is 0.389 e. The van der Waals surface area contributed by atoms with E-state index in [1.165, 1.54) is 10.8 Å². The van der Waals surface area contributed by atoms with Gasteiger partial charge in [-0.1, -0.05) is 42.5 Å². The second-order valence-electron chi connectivity index (χ2n) is 9.12. The van der Waals surface area contributed by atoms with Crippen molar-refractivity contribution >= 4 is 16.8 Å². The van der Waals surface area contributed by atoms with E-state index in [4.69, 9.17) is 4.74 Å². The van der Waals surface area contributed by atoms with Crippen LogP contribution >= 0.6 is 0 Å². The summed E-state index contributed by atoms with van der Waals surface area (Å²) in [7, 11) is 0. The minimum absolute atomic E-state index is 0.125. The third kappa shape index (κ3) is 6.97. The number of piperidine rings is 1. The summed E-state index contributed by atoms with van der Waals surface area (Å²) in [5.74, 6) is 0. The van der Waals surface area contributed by atoms with E-state index in [1.54, 1.807) is 0 Å². The monoisotopic (exact) mass is 413 g/mol. The van der Waals surface area contributed by atoms with Crippen LogP contribution < -0.4 is 10.6 Å². The lowest BCUT2D eigenvalue weighted by Crippen LogP contribution is -2.49. The summed E-state index contributed by atoms with van der Waals surface area (Å²) in [6.45, 7) is 9.15. The topological polar surface area (TPSA) is 73.8 Å². The minimum Gasteiger partial charge on any atom is -0.389 e. The van der Waals surface area contributed by atoms with Gasteiger partial charge in [0.25, 0.3) is 0 Å². The molecule has 3 N–H and O–H groups in total. The first-order valence-electron chi connectivity index (χ1n) is 10.9. The first-order valence-corrected chi connectivity index (χ1v) is 10.9. The van der Waals surface area contributed by atoms with Gasteiger partial charge >= 0.3 is 6.03 Å². The van der Waals surface area contributed by atoms with E-state index >= 15 is 0 Å². The number of aliphatic hydroxyl groups is 1. The van der Waals surface area contributed by atoms with Gasteiger partial charge in [0.15, 0.2) is 0 Å². The Balaban J connectivity index is 1.38. The van der Waals surface area contributed by atoms with Crippen molar-refractivity contribution in [3.05, 3.63) is 48.0 Å². The molecule has 0 radical (unpaired) electrons. The van der Waals surface area contributed by atoms with Gasteiger partial charge < -0.3 is 25.4 Å². The molecule has 0 aliphatic carbocycles. The highest BCUT2D eigenvalue weighted by Crippen LogP contribution is 2.18. The molecule has 1 aliphatic rings. The van der Waals surface area contributed by atoms with Crippen LogP contribution in [0.15, 0.2) is 42.5 Å². The van der Waals surface area contributed by atoms with Crippen LogP contribution in [0.25, 0.3) is 10.8 Å². The van der Waals surface area contributed by atoms with E-state index in [-0.39, 0.29) is 17.7 Å². The number of carbonyl (C=O) groups is 1. The molecule has 0 spiro atoms. The van der Waals surface area contributed by atoms with Crippen molar-refractivity contribution < 1.29 is 14.6 Å². The van der Waals surface area contributed by atoms with Crippen molar-refractivity contribution in [1.29, 1.82) is 0 Å². The van der Waals surface area contributed by atoms with Crippen LogP contribution in [0.2, 0.25) is 0 Å². The number of likely N-dealkylation sites (tertiary alicyclic amines) is 1. The van der Waals surface area contributed by atoms with Gasteiger partial charge in [-0.2, -0.15) is 0 Å². The molecule has 1 heterocycles. The van der Waals surface area contributed by atoms with E-state index in [0.717, 1.165) is 31.5 Å². The van der Waals surface area contributed by atoms with Crippen LogP contribution in [-0.2, 0) is 11.3 Å². The molecule has 0 unspecified atom stereocenters. The zero-order chi connectivity index (χ0) is 21.6. The van der Waals surface area contributed by atoms with Crippen molar-refractivity contribution in [1.82, 2.24) is 15.5 Å². The number of ether oxygens (including phenoxy) is 1. The molecule has 1 atom stereocenters. The number of nitrogens with one attached hydrogen (secondary N) is 2. The van der Waals surface area contributed by atoms with Gasteiger partial charge in [-0.3, -0.25) is 0 Å². The summed E-state index contributed by atoms with van der Waals surface area (Å²) < 4.78 is 5.65. The standard InChI is InChI=1S/C24H35N3O3/c1-24(2,3)30-17-21(28)16-27-13-11-20(12-14-27)26-23(29)25-15-19-9-6-8-18-7-4-5-10-22(18)19/h4-10,20-21,28H,11-17H2,1-3H3,(H2,25,26,29)/t21-/m1/s1. The maximum absolute atomic E-state index is 12.4. The van der Waals surface area contributed by atoms with Crippen LogP contribution in [0, 0.1) is 0 Å². The van der Waals surface area contributed by atoms with Gasteiger partial charge in [0.05, 0.1) is 18.3 Å². The summed E-state index contributed by atoms with van der Waals surface area (Å²) in [5.41, 5.74) is 0.877. The molecule has 1 aliphatic heterocycles. The zero-order valence-electron chi connectivity index (χ0n) is 18.4. The Hall–Kier alpha value is -2.15. The number of rotatable bonds is 7. The second-order valence-corrected chi connectivity index (χ2v) is 9.12. The van der Waals surface area contributed by atoms with E-state index < -0.39 is 6.10 Å². The lowest BCUT2D eigenvalue weighted by molar-refractivity contribution is -0.0574. The van der Waals surface area contributed by atoms with Gasteiger partial charge in [0.2, 0.25) is 0 Å². The highest BCUT2D eigenvalue weighted by atomic mass is 16.5. The van der Waals surface area contributed by atoms with Crippen molar-refractivity contribution in [3.63, 3.8) is 0 Å². The normalized spacial score (nSPS) is 17.1. The third-order valence-electron chi connectivity index (χ3n) is 5.42. The Bertz CT molecular complexity index is 821. The van der Waals surface area contributed by atoms with Crippen molar-refractivity contribution in [2.75, 3.05) is 26.2 Å². The number of hydrogen-bond donors (Lipinski definition) is 3. The SMILES string of the molecule is CC(C)(C)OC[C@H](O)CN1CCC(NC(=O)NCc2cccc3ccccc23)CC1. The van der Waals surface area contributed by atoms with Gasteiger partial charge in [-0.15, -0.1) is 0 Å². The maximum atomic E-state index is 12.4. The number of urea groups is 1. The lowest BCUT2D eigenvalue weighted by Gasteiger charge is -2.34. The molecule has 30 heavy (non-hydrogen) atoms. The van der Waals surface area contributed by atoms with Crippen molar-refractivity contribution in [2.24, 2.45) is 0 Å². The van der Waals surface area contributed by atoms with E-state index in [9.17, 15) is 9.90 Å². The second kappa shape index (κ2) is 10.2. The minimum atomic E-state index is -0.488. The fourth-order valence-corrected chi connectivity index (χ4v) is 3.82. The summed E-state index contributed by atoms with van der Waals surface area (Å²) in [4.78, 5) is 14.6. The molecule has 0 bridgehead atoms. The van der Waals surface area contributed by atoms with E-state index in [0.29, 0.717) is 19.7 Å². The number of β-amino-alcohol motifs (C(OH)–C–C–N with tert-alkyl or cyclic N) is 1. The molecule has 3 rings (SSSR count). The number of hydrogen-bond acceptors (Lipinski definition) is 4. The molecule has 6 heteroatoms. The Morgan fingerprint density at radius 3 is 2.60 bits per heavy atom. The van der Waals surface area contributed by atoms with Gasteiger partial charge in [-0.05, 0) is 49.9 Å². The van der Waals surface area contributed by atoms with Crippen LogP contribution in [0.5, 0.6) is 0 Å². The Morgan fingerprint density at radius 1 is 1.17 bits per heavy atom. The Labute approximate surface area is 179 Å². The first kappa shape index (κ1) is 22.5. The molecular weight excluding hydrogens is 378 g/mol. The Morgan fingerprint density at radius 2 is 1.87 bits per heavy atom. The number of amides is 2. The average Bonchev–Trinajstić information content (AvgIpc) is 2.72. The molecule has 2 amide bonds. The van der Waals surface area contributed by atoms with Gasteiger partial charge in [0.1, 0.15) is 0 Å². The zero-order valence-corrected chi connectivity index (χ0v) is 18.4. The van der Waals surface area contributed by atoms with Crippen LogP contribution in [0.4, 0.5) is 4.79 Å². The summed E-state index contributed by atoms with van der Waals surface area (Å²) in [6.07, 6.45) is 1.28. The maximum Gasteiger partial charge on any atom is 0.315 e. The number of fused-ring (bicyclic) bond motifs is 1. The Kier molecular flexibility index (Phi) is 7.69. The third-order valence-corrected chi connectivity index (χ3v) is 5.42. The molecule has 2 aromatic carbocycles. The summed E-state index contributed by atoms with van der Waals surface area (Å²) in [5, 5.41) is 18.6. The average molecular weight is 414 g/mol. The molecule has 6 nitrogen and oxygen atoms in total. The number of nitrogens with zero attached hydrogens (tertiary/aromatic N) is 1. The molecule has 1 saturated heterocycles. The van der Waals surface area contributed by atoms with Crippen molar-refractivity contribution in [3.8, 4) is 0 Å². The summed E-state index contributed by atoms with van der Waals surface area (Å²) in [6, 6.07) is 14.4.